The molecule has 10 nitrogen and oxygen atoms in total. The molecule has 4 heterocycles. The number of rotatable bonds is 8. The second-order valence-electron chi connectivity index (χ2n) is 8.99. The van der Waals surface area contributed by atoms with Crippen molar-refractivity contribution in [1.82, 2.24) is 20.2 Å². The molecular weight excluding hydrogens is 460 g/mol. The topological polar surface area (TPSA) is 127 Å². The van der Waals surface area contributed by atoms with E-state index in [9.17, 15) is 5.11 Å². The predicted octanol–water partition coefficient (Wildman–Crippen LogP) is 4.63. The molecule has 3 N–H and O–H groups in total. The minimum Gasteiger partial charge on any atom is -0.421 e. The van der Waals surface area contributed by atoms with Gasteiger partial charge in [0.05, 0.1) is 29.6 Å². The van der Waals surface area contributed by atoms with Gasteiger partial charge in [-0.25, -0.2) is 9.97 Å². The summed E-state index contributed by atoms with van der Waals surface area (Å²) in [4.78, 5) is 9.33. The lowest BCUT2D eigenvalue weighted by atomic mass is 10.0. The summed E-state index contributed by atoms with van der Waals surface area (Å²) < 4.78 is 17.1. The van der Waals surface area contributed by atoms with Crippen LogP contribution < -0.4 is 10.6 Å². The van der Waals surface area contributed by atoms with Crippen molar-refractivity contribution in [3.8, 4) is 11.5 Å². The standard InChI is InChI=1S/C26H28N6O4/c1-15-31-32-24(35-15)18-13-27-22(12-19(18)28-20(14-33)16-8-6-5-7-9-16)29-21-11-10-17-23(30-21)26(2,3)36-25(17)34-4/h5-13,20,25,33H,14H2,1-4H3,(H2,27,28,29,30)/t20-,25?/m1/s1. The van der Waals surface area contributed by atoms with E-state index in [4.69, 9.17) is 18.9 Å². The largest absolute Gasteiger partial charge is 0.421 e. The number of hydrogen-bond acceptors (Lipinski definition) is 10. The molecule has 0 aliphatic carbocycles. The van der Waals surface area contributed by atoms with Crippen molar-refractivity contribution >= 4 is 17.3 Å². The number of anilines is 3. The number of aliphatic hydroxyl groups is 1. The number of aromatic nitrogens is 4. The molecule has 10 heteroatoms. The fraction of sp³-hybridized carbons (Fsp3) is 0.308. The molecule has 1 aromatic carbocycles. The van der Waals surface area contributed by atoms with Gasteiger partial charge in [-0.05, 0) is 31.5 Å². The van der Waals surface area contributed by atoms with Gasteiger partial charge in [0.1, 0.15) is 17.2 Å². The molecule has 186 valence electrons. The molecular formula is C26H28N6O4. The third-order valence-corrected chi connectivity index (χ3v) is 6.00. The number of methoxy groups -OCH3 is 1. The number of hydrogen-bond donors (Lipinski definition) is 3. The second-order valence-corrected chi connectivity index (χ2v) is 8.99. The highest BCUT2D eigenvalue weighted by Crippen LogP contribution is 2.43. The predicted molar refractivity (Wildman–Crippen MR) is 134 cm³/mol. The summed E-state index contributed by atoms with van der Waals surface area (Å²) in [6.45, 7) is 5.54. The monoisotopic (exact) mass is 488 g/mol. The second kappa shape index (κ2) is 9.65. The first kappa shape index (κ1) is 23.9. The fourth-order valence-corrected chi connectivity index (χ4v) is 4.23. The number of aryl methyl sites for hydroxylation is 1. The normalized spacial score (nSPS) is 17.0. The lowest BCUT2D eigenvalue weighted by molar-refractivity contribution is -0.175. The highest BCUT2D eigenvalue weighted by atomic mass is 16.7. The lowest BCUT2D eigenvalue weighted by Gasteiger charge is -2.20. The number of nitrogens with zero attached hydrogens (tertiary/aromatic N) is 4. The minimum absolute atomic E-state index is 0.112. The van der Waals surface area contributed by atoms with Gasteiger partial charge in [0.25, 0.3) is 5.89 Å². The van der Waals surface area contributed by atoms with Crippen LogP contribution in [0.15, 0.2) is 59.1 Å². The zero-order valence-electron chi connectivity index (χ0n) is 20.5. The Kier molecular flexibility index (Phi) is 6.40. The van der Waals surface area contributed by atoms with Crippen LogP contribution in [0.3, 0.4) is 0 Å². The minimum atomic E-state index is -0.586. The average Bonchev–Trinajstić information content (AvgIpc) is 3.43. The molecule has 0 bridgehead atoms. The van der Waals surface area contributed by atoms with Crippen LogP contribution in [0.1, 0.15) is 48.9 Å². The highest BCUT2D eigenvalue weighted by molar-refractivity contribution is 5.75. The van der Waals surface area contributed by atoms with E-state index in [0.29, 0.717) is 34.7 Å². The molecule has 0 spiro atoms. The van der Waals surface area contributed by atoms with E-state index in [-0.39, 0.29) is 12.6 Å². The quantitative estimate of drug-likeness (QED) is 0.323. The molecule has 4 aromatic rings. The van der Waals surface area contributed by atoms with Crippen molar-refractivity contribution in [1.29, 1.82) is 0 Å². The van der Waals surface area contributed by atoms with Gasteiger partial charge in [-0.1, -0.05) is 30.3 Å². The van der Waals surface area contributed by atoms with Gasteiger partial charge in [-0.2, -0.15) is 0 Å². The van der Waals surface area contributed by atoms with Gasteiger partial charge < -0.3 is 29.6 Å². The number of ether oxygens (including phenoxy) is 2. The number of nitrogens with one attached hydrogen (secondary N) is 2. The van der Waals surface area contributed by atoms with E-state index in [0.717, 1.165) is 16.8 Å². The van der Waals surface area contributed by atoms with Crippen molar-refractivity contribution in [3.63, 3.8) is 0 Å². The van der Waals surface area contributed by atoms with E-state index in [1.54, 1.807) is 20.2 Å². The van der Waals surface area contributed by atoms with E-state index < -0.39 is 11.9 Å². The molecule has 0 fully saturated rings. The molecule has 36 heavy (non-hydrogen) atoms. The van der Waals surface area contributed by atoms with Gasteiger partial charge in [-0.15, -0.1) is 10.2 Å². The van der Waals surface area contributed by atoms with Gasteiger partial charge >= 0.3 is 0 Å². The fourth-order valence-electron chi connectivity index (χ4n) is 4.23. The van der Waals surface area contributed by atoms with Crippen LogP contribution in [0.4, 0.5) is 17.3 Å². The third kappa shape index (κ3) is 4.66. The molecule has 1 unspecified atom stereocenters. The van der Waals surface area contributed by atoms with E-state index in [1.165, 1.54) is 0 Å². The third-order valence-electron chi connectivity index (χ3n) is 6.00. The molecule has 0 saturated heterocycles. The molecule has 0 radical (unpaired) electrons. The van der Waals surface area contributed by atoms with Gasteiger partial charge in [0.2, 0.25) is 5.89 Å². The Labute approximate surface area is 208 Å². The van der Waals surface area contributed by atoms with Crippen LogP contribution in [0, 0.1) is 6.92 Å². The van der Waals surface area contributed by atoms with E-state index in [2.05, 4.69) is 25.8 Å². The summed E-state index contributed by atoms with van der Waals surface area (Å²) in [5.41, 5.74) is 3.35. The summed E-state index contributed by atoms with van der Waals surface area (Å²) in [5, 5.41) is 24.9. The Bertz CT molecular complexity index is 1360. The van der Waals surface area contributed by atoms with Crippen molar-refractivity contribution in [2.24, 2.45) is 0 Å². The smallest absolute Gasteiger partial charge is 0.251 e. The molecule has 0 amide bonds. The summed E-state index contributed by atoms with van der Waals surface area (Å²) in [6, 6.07) is 15.0. The van der Waals surface area contributed by atoms with Crippen LogP contribution in [0.2, 0.25) is 0 Å². The zero-order valence-corrected chi connectivity index (χ0v) is 20.5. The Balaban J connectivity index is 1.49. The van der Waals surface area contributed by atoms with Crippen LogP contribution >= 0.6 is 0 Å². The molecule has 3 aromatic heterocycles. The molecule has 1 aliphatic rings. The van der Waals surface area contributed by atoms with Crippen molar-refractivity contribution in [2.75, 3.05) is 24.4 Å². The number of benzene rings is 1. The molecule has 2 atom stereocenters. The Morgan fingerprint density at radius 3 is 2.61 bits per heavy atom. The average molecular weight is 489 g/mol. The summed E-state index contributed by atoms with van der Waals surface area (Å²) >= 11 is 0. The number of pyridine rings is 2. The molecule has 5 rings (SSSR count). The summed E-state index contributed by atoms with van der Waals surface area (Å²) in [6.07, 6.45) is 1.20. The SMILES string of the molecule is COC1OC(C)(C)c2nc(Nc3cc(N[C@H](CO)c4ccccc4)c(-c4nnc(C)o4)cn3)ccc21. The molecule has 1 aliphatic heterocycles. The van der Waals surface area contributed by atoms with Crippen LogP contribution in [-0.2, 0) is 15.1 Å². The Morgan fingerprint density at radius 1 is 1.11 bits per heavy atom. The van der Waals surface area contributed by atoms with Crippen LogP contribution in [0.5, 0.6) is 0 Å². The Hall–Kier alpha value is -3.86. The highest BCUT2D eigenvalue weighted by Gasteiger charge is 2.39. The van der Waals surface area contributed by atoms with E-state index >= 15 is 0 Å². The maximum Gasteiger partial charge on any atom is 0.251 e. The maximum atomic E-state index is 10.1. The first-order chi connectivity index (χ1) is 17.4. The van der Waals surface area contributed by atoms with E-state index in [1.807, 2.05) is 62.4 Å². The number of fused-ring (bicyclic) bond motifs is 1. The summed E-state index contributed by atoms with van der Waals surface area (Å²) in [7, 11) is 1.61. The van der Waals surface area contributed by atoms with Gasteiger partial charge in [0, 0.05) is 31.9 Å². The van der Waals surface area contributed by atoms with Gasteiger partial charge in [0.15, 0.2) is 6.29 Å². The van der Waals surface area contributed by atoms with Crippen LogP contribution in [-0.4, -0.2) is 39.0 Å². The van der Waals surface area contributed by atoms with Gasteiger partial charge in [-0.3, -0.25) is 0 Å². The first-order valence-electron chi connectivity index (χ1n) is 11.6. The van der Waals surface area contributed by atoms with Crippen molar-refractivity contribution in [2.45, 2.75) is 38.7 Å². The zero-order chi connectivity index (χ0) is 25.3. The number of aliphatic hydroxyl groups excluding tert-OH is 1. The van der Waals surface area contributed by atoms with Crippen molar-refractivity contribution in [3.05, 3.63) is 77.4 Å². The first-order valence-corrected chi connectivity index (χ1v) is 11.6. The lowest BCUT2D eigenvalue weighted by Crippen LogP contribution is -2.18. The Morgan fingerprint density at radius 2 is 1.92 bits per heavy atom. The maximum absolute atomic E-state index is 10.1. The van der Waals surface area contributed by atoms with Crippen molar-refractivity contribution < 1.29 is 19.0 Å². The van der Waals surface area contributed by atoms with Crippen LogP contribution in [0.25, 0.3) is 11.5 Å². The molecule has 0 saturated carbocycles. The summed E-state index contributed by atoms with van der Waals surface area (Å²) in [5.74, 6) is 1.94.